The molecule has 0 aromatic carbocycles. The Morgan fingerprint density at radius 1 is 0.471 bits per heavy atom. The summed E-state index contributed by atoms with van der Waals surface area (Å²) >= 11 is 0. The molecule has 0 aromatic heterocycles. The van der Waals surface area contributed by atoms with Crippen molar-refractivity contribution in [3.63, 3.8) is 0 Å². The van der Waals surface area contributed by atoms with Crippen LogP contribution in [0.2, 0.25) is 0 Å². The Kier molecular flexibility index (Phi) is 40.2. The molecule has 0 rings (SSSR count). The molecule has 0 heterocycles. The van der Waals surface area contributed by atoms with Gasteiger partial charge in [0.2, 0.25) is 5.91 Å². The third-order valence-electron chi connectivity index (χ3n) is 10.2. The third kappa shape index (κ3) is 36.7. The molecular weight excluding hydrogens is 631 g/mol. The maximum atomic E-state index is 12.4. The minimum Gasteiger partial charge on any atom is -0.394 e. The van der Waals surface area contributed by atoms with Crippen molar-refractivity contribution in [2.24, 2.45) is 0 Å². The standard InChI is InChI=1S/C46H87NO4/c1-3-5-7-9-11-13-15-17-19-20-21-22-23-24-25-26-27-29-31-33-35-37-39-41-45(50)47-43(42-48)46(51)44(49)40-38-36-34-32-30-28-18-16-14-12-10-8-6-4-2/h16,18,24-25,32,34,43-44,46,48-49,51H,3-15,17,19-23,26-31,33,35-42H2,1-2H3,(H,47,50)/b18-16+,25-24-,34-32+. The Hall–Kier alpha value is -1.43. The molecule has 0 fully saturated rings. The molecule has 3 atom stereocenters. The van der Waals surface area contributed by atoms with E-state index < -0.39 is 18.2 Å². The van der Waals surface area contributed by atoms with E-state index in [9.17, 15) is 20.1 Å². The maximum Gasteiger partial charge on any atom is 0.220 e. The average molecular weight is 718 g/mol. The summed E-state index contributed by atoms with van der Waals surface area (Å²) in [4.78, 5) is 12.4. The fraction of sp³-hybridized carbons (Fsp3) is 0.848. The van der Waals surface area contributed by atoms with Crippen LogP contribution in [-0.2, 0) is 4.79 Å². The zero-order chi connectivity index (χ0) is 37.3. The van der Waals surface area contributed by atoms with Crippen molar-refractivity contribution in [2.45, 2.75) is 244 Å². The summed E-state index contributed by atoms with van der Waals surface area (Å²) < 4.78 is 0. The van der Waals surface area contributed by atoms with E-state index in [0.717, 1.165) is 44.9 Å². The molecule has 0 radical (unpaired) electrons. The van der Waals surface area contributed by atoms with Crippen LogP contribution in [0.3, 0.4) is 0 Å². The van der Waals surface area contributed by atoms with Gasteiger partial charge in [-0.2, -0.15) is 0 Å². The number of unbranched alkanes of at least 4 members (excludes halogenated alkanes) is 26. The number of hydrogen-bond donors (Lipinski definition) is 4. The highest BCUT2D eigenvalue weighted by atomic mass is 16.3. The molecule has 51 heavy (non-hydrogen) atoms. The van der Waals surface area contributed by atoms with Crippen LogP contribution in [0.15, 0.2) is 36.5 Å². The smallest absolute Gasteiger partial charge is 0.220 e. The predicted molar refractivity (Wildman–Crippen MR) is 222 cm³/mol. The lowest BCUT2D eigenvalue weighted by atomic mass is 10.0. The second-order valence-corrected chi connectivity index (χ2v) is 15.2. The summed E-state index contributed by atoms with van der Waals surface area (Å²) in [6.45, 7) is 4.15. The van der Waals surface area contributed by atoms with Crippen molar-refractivity contribution in [1.29, 1.82) is 0 Å². The second-order valence-electron chi connectivity index (χ2n) is 15.2. The number of carbonyl (C=O) groups excluding carboxylic acids is 1. The Labute approximate surface area is 317 Å². The van der Waals surface area contributed by atoms with Crippen molar-refractivity contribution in [3.8, 4) is 0 Å². The lowest BCUT2D eigenvalue weighted by Gasteiger charge is -2.26. The molecule has 4 N–H and O–H groups in total. The van der Waals surface area contributed by atoms with Crippen molar-refractivity contribution >= 4 is 5.91 Å². The largest absolute Gasteiger partial charge is 0.394 e. The van der Waals surface area contributed by atoms with Crippen LogP contribution in [-0.4, -0.2) is 46.1 Å². The summed E-state index contributed by atoms with van der Waals surface area (Å²) in [5.41, 5.74) is 0. The van der Waals surface area contributed by atoms with E-state index in [1.165, 1.54) is 154 Å². The average Bonchev–Trinajstić information content (AvgIpc) is 3.13. The van der Waals surface area contributed by atoms with Crippen LogP contribution in [0.1, 0.15) is 226 Å². The molecule has 0 saturated heterocycles. The van der Waals surface area contributed by atoms with E-state index in [-0.39, 0.29) is 12.5 Å². The summed E-state index contributed by atoms with van der Waals surface area (Å²) in [5, 5.41) is 33.4. The number of aliphatic hydroxyl groups is 3. The molecule has 5 nitrogen and oxygen atoms in total. The number of allylic oxidation sites excluding steroid dienone is 6. The van der Waals surface area contributed by atoms with Crippen molar-refractivity contribution < 1.29 is 20.1 Å². The van der Waals surface area contributed by atoms with Crippen LogP contribution in [0.4, 0.5) is 0 Å². The second kappa shape index (κ2) is 41.3. The Morgan fingerprint density at radius 3 is 1.20 bits per heavy atom. The van der Waals surface area contributed by atoms with Gasteiger partial charge in [-0.05, 0) is 77.0 Å². The van der Waals surface area contributed by atoms with Gasteiger partial charge in [-0.3, -0.25) is 4.79 Å². The van der Waals surface area contributed by atoms with E-state index in [4.69, 9.17) is 0 Å². The van der Waals surface area contributed by atoms with E-state index in [1.807, 2.05) is 0 Å². The number of aliphatic hydroxyl groups excluding tert-OH is 3. The highest BCUT2D eigenvalue weighted by Gasteiger charge is 2.26. The molecular formula is C46H87NO4. The Morgan fingerprint density at radius 2 is 0.804 bits per heavy atom. The molecule has 3 unspecified atom stereocenters. The summed E-state index contributed by atoms with van der Waals surface area (Å²) in [7, 11) is 0. The minimum absolute atomic E-state index is 0.163. The van der Waals surface area contributed by atoms with Crippen LogP contribution >= 0.6 is 0 Å². The third-order valence-corrected chi connectivity index (χ3v) is 10.2. The van der Waals surface area contributed by atoms with Gasteiger partial charge >= 0.3 is 0 Å². The zero-order valence-electron chi connectivity index (χ0n) is 34.0. The van der Waals surface area contributed by atoms with Crippen molar-refractivity contribution in [1.82, 2.24) is 5.32 Å². The molecule has 5 heteroatoms. The maximum absolute atomic E-state index is 12.4. The highest BCUT2D eigenvalue weighted by molar-refractivity contribution is 5.76. The first-order chi connectivity index (χ1) is 25.1. The molecule has 0 spiro atoms. The quantitative estimate of drug-likeness (QED) is 0.0375. The monoisotopic (exact) mass is 718 g/mol. The van der Waals surface area contributed by atoms with Gasteiger partial charge in [0.05, 0.1) is 18.8 Å². The van der Waals surface area contributed by atoms with Gasteiger partial charge in [0.25, 0.3) is 0 Å². The summed E-state index contributed by atoms with van der Waals surface area (Å²) in [5.74, 6) is -0.163. The van der Waals surface area contributed by atoms with Crippen molar-refractivity contribution in [3.05, 3.63) is 36.5 Å². The number of hydrogen-bond acceptors (Lipinski definition) is 4. The lowest BCUT2D eigenvalue weighted by Crippen LogP contribution is -2.50. The number of rotatable bonds is 40. The van der Waals surface area contributed by atoms with Crippen LogP contribution < -0.4 is 5.32 Å². The first-order valence-corrected chi connectivity index (χ1v) is 22.3. The van der Waals surface area contributed by atoms with E-state index in [2.05, 4.69) is 55.6 Å². The van der Waals surface area contributed by atoms with Gasteiger partial charge in [0.1, 0.15) is 6.10 Å². The molecule has 0 aliphatic heterocycles. The van der Waals surface area contributed by atoms with Gasteiger partial charge in [-0.1, -0.05) is 179 Å². The van der Waals surface area contributed by atoms with Crippen LogP contribution in [0, 0.1) is 0 Å². The fourth-order valence-electron chi connectivity index (χ4n) is 6.70. The number of amides is 1. The molecule has 0 aliphatic rings. The molecule has 1 amide bonds. The predicted octanol–water partition coefficient (Wildman–Crippen LogP) is 12.8. The van der Waals surface area contributed by atoms with Gasteiger partial charge < -0.3 is 20.6 Å². The molecule has 0 aliphatic carbocycles. The first-order valence-electron chi connectivity index (χ1n) is 22.3. The van der Waals surface area contributed by atoms with Gasteiger partial charge in [0.15, 0.2) is 0 Å². The normalized spacial score (nSPS) is 13.9. The molecule has 0 saturated carbocycles. The van der Waals surface area contributed by atoms with Gasteiger partial charge in [-0.25, -0.2) is 0 Å². The van der Waals surface area contributed by atoms with E-state index >= 15 is 0 Å². The number of nitrogens with one attached hydrogen (secondary N) is 1. The van der Waals surface area contributed by atoms with Crippen LogP contribution in [0.5, 0.6) is 0 Å². The molecule has 0 bridgehead atoms. The Bertz CT molecular complexity index is 794. The SMILES string of the molecule is CCCCCCC/C=C/CC/C=C/CCCC(O)C(O)C(CO)NC(=O)CCCCCCCCC/C=C\CCCCCCCCCCCCCC. The van der Waals surface area contributed by atoms with Crippen LogP contribution in [0.25, 0.3) is 0 Å². The molecule has 300 valence electrons. The summed E-state index contributed by atoms with van der Waals surface area (Å²) in [6.07, 6.45) is 51.1. The zero-order valence-corrected chi connectivity index (χ0v) is 34.0. The minimum atomic E-state index is -1.17. The topological polar surface area (TPSA) is 89.8 Å². The molecule has 0 aromatic rings. The van der Waals surface area contributed by atoms with Gasteiger partial charge in [0, 0.05) is 6.42 Å². The van der Waals surface area contributed by atoms with Gasteiger partial charge in [-0.15, -0.1) is 0 Å². The summed E-state index contributed by atoms with van der Waals surface area (Å²) in [6, 6.07) is -0.833. The van der Waals surface area contributed by atoms with Crippen molar-refractivity contribution in [2.75, 3.05) is 6.61 Å². The first kappa shape index (κ1) is 49.6. The van der Waals surface area contributed by atoms with E-state index in [1.54, 1.807) is 0 Å². The van der Waals surface area contributed by atoms with E-state index in [0.29, 0.717) is 12.8 Å². The Balaban J connectivity index is 3.66. The fourth-order valence-corrected chi connectivity index (χ4v) is 6.70. The lowest BCUT2D eigenvalue weighted by molar-refractivity contribution is -0.124. The highest BCUT2D eigenvalue weighted by Crippen LogP contribution is 2.15. The number of carbonyl (C=O) groups is 1.